The molecule has 8 heteroatoms. The Bertz CT molecular complexity index is 644. The van der Waals surface area contributed by atoms with Crippen molar-refractivity contribution in [2.45, 2.75) is 12.5 Å². The van der Waals surface area contributed by atoms with Crippen molar-refractivity contribution in [3.63, 3.8) is 0 Å². The second-order valence-electron chi connectivity index (χ2n) is 5.41. The molecule has 3 aliphatic heterocycles. The fraction of sp³-hybridized carbons (Fsp3) is 0.538. The van der Waals surface area contributed by atoms with Gasteiger partial charge in [0.2, 0.25) is 0 Å². The molecule has 3 aliphatic rings. The highest BCUT2D eigenvalue weighted by Crippen LogP contribution is 2.18. The minimum Gasteiger partial charge on any atom is -0.337 e. The lowest BCUT2D eigenvalue weighted by Gasteiger charge is -2.29. The smallest absolute Gasteiger partial charge is 0.256 e. The van der Waals surface area contributed by atoms with Crippen molar-refractivity contribution in [1.82, 2.24) is 15.1 Å². The standard InChI is InChI=1S/C13H18N4O3S/c1-16(11-4-5-14-8-11)13(18)10-2-3-12-15-21(19,20)7-6-17(12)9-10/h2-3,9,11,14H,4-8H2,1H3. The second kappa shape index (κ2) is 5.27. The van der Waals surface area contributed by atoms with Crippen molar-refractivity contribution in [3.8, 4) is 0 Å². The van der Waals surface area contributed by atoms with Gasteiger partial charge in [0.1, 0.15) is 5.84 Å². The molecule has 1 saturated heterocycles. The molecule has 0 aromatic heterocycles. The van der Waals surface area contributed by atoms with E-state index in [1.807, 2.05) is 0 Å². The second-order valence-corrected chi connectivity index (χ2v) is 7.16. The van der Waals surface area contributed by atoms with Gasteiger partial charge >= 0.3 is 0 Å². The molecule has 1 atom stereocenters. The minimum absolute atomic E-state index is 0.0231. The summed E-state index contributed by atoms with van der Waals surface area (Å²) in [6.45, 7) is 2.07. The molecule has 3 rings (SSSR count). The molecule has 21 heavy (non-hydrogen) atoms. The van der Waals surface area contributed by atoms with E-state index in [0.717, 1.165) is 19.5 Å². The topological polar surface area (TPSA) is 82.1 Å². The van der Waals surface area contributed by atoms with Gasteiger partial charge in [-0.25, -0.2) is 8.42 Å². The van der Waals surface area contributed by atoms with E-state index in [2.05, 4.69) is 9.71 Å². The lowest BCUT2D eigenvalue weighted by atomic mass is 10.1. The highest BCUT2D eigenvalue weighted by atomic mass is 32.2. The van der Waals surface area contributed by atoms with Crippen LogP contribution in [0.25, 0.3) is 0 Å². The maximum Gasteiger partial charge on any atom is 0.256 e. The molecule has 3 heterocycles. The third kappa shape index (κ3) is 2.86. The monoisotopic (exact) mass is 310 g/mol. The van der Waals surface area contributed by atoms with E-state index in [1.54, 1.807) is 35.2 Å². The summed E-state index contributed by atoms with van der Waals surface area (Å²) < 4.78 is 26.6. The average Bonchev–Trinajstić information content (AvgIpc) is 2.98. The molecule has 0 spiro atoms. The summed E-state index contributed by atoms with van der Waals surface area (Å²) >= 11 is 0. The highest BCUT2D eigenvalue weighted by Gasteiger charge is 2.28. The van der Waals surface area contributed by atoms with Crippen LogP contribution in [0.4, 0.5) is 0 Å². The van der Waals surface area contributed by atoms with Crippen LogP contribution < -0.4 is 5.32 Å². The van der Waals surface area contributed by atoms with Crippen LogP contribution in [-0.4, -0.2) is 68.4 Å². The van der Waals surface area contributed by atoms with E-state index < -0.39 is 10.0 Å². The Balaban J connectivity index is 1.78. The van der Waals surface area contributed by atoms with Crippen LogP contribution in [0, 0.1) is 0 Å². The molecule has 114 valence electrons. The maximum absolute atomic E-state index is 12.5. The van der Waals surface area contributed by atoms with Crippen molar-refractivity contribution in [2.24, 2.45) is 4.40 Å². The molecule has 1 fully saturated rings. The van der Waals surface area contributed by atoms with Crippen molar-refractivity contribution in [1.29, 1.82) is 0 Å². The predicted octanol–water partition coefficient (Wildman–Crippen LogP) is -0.696. The Hall–Kier alpha value is -1.67. The summed E-state index contributed by atoms with van der Waals surface area (Å²) in [7, 11) is -1.55. The van der Waals surface area contributed by atoms with Crippen LogP contribution in [-0.2, 0) is 14.8 Å². The quantitative estimate of drug-likeness (QED) is 0.730. The Labute approximate surface area is 124 Å². The average molecular weight is 310 g/mol. The molecule has 7 nitrogen and oxygen atoms in total. The first kappa shape index (κ1) is 14.3. The Morgan fingerprint density at radius 3 is 3.00 bits per heavy atom. The van der Waals surface area contributed by atoms with Gasteiger partial charge in [-0.1, -0.05) is 0 Å². The first-order valence-corrected chi connectivity index (χ1v) is 8.54. The number of rotatable bonds is 2. The highest BCUT2D eigenvalue weighted by molar-refractivity contribution is 7.90. The zero-order valence-electron chi connectivity index (χ0n) is 11.8. The molecule has 0 bridgehead atoms. The molecular formula is C13H18N4O3S. The van der Waals surface area contributed by atoms with Crippen LogP contribution in [0.1, 0.15) is 6.42 Å². The van der Waals surface area contributed by atoms with Gasteiger partial charge in [-0.05, 0) is 25.1 Å². The van der Waals surface area contributed by atoms with Gasteiger partial charge in [0.25, 0.3) is 15.9 Å². The van der Waals surface area contributed by atoms with Gasteiger partial charge < -0.3 is 15.1 Å². The van der Waals surface area contributed by atoms with Gasteiger partial charge in [-0.2, -0.15) is 0 Å². The number of nitrogens with zero attached hydrogens (tertiary/aromatic N) is 3. The van der Waals surface area contributed by atoms with Crippen LogP contribution in [0.15, 0.2) is 28.3 Å². The Morgan fingerprint density at radius 2 is 2.29 bits per heavy atom. The summed E-state index contributed by atoms with van der Waals surface area (Å²) in [5.41, 5.74) is 0.558. The first-order valence-electron chi connectivity index (χ1n) is 6.93. The lowest BCUT2D eigenvalue weighted by Crippen LogP contribution is -2.41. The van der Waals surface area contributed by atoms with Crippen LogP contribution in [0.5, 0.6) is 0 Å². The number of nitrogens with one attached hydrogen (secondary N) is 1. The molecule has 0 saturated carbocycles. The van der Waals surface area contributed by atoms with E-state index in [1.165, 1.54) is 0 Å². The van der Waals surface area contributed by atoms with E-state index in [0.29, 0.717) is 18.0 Å². The number of amides is 1. The summed E-state index contributed by atoms with van der Waals surface area (Å²) in [4.78, 5) is 15.9. The Morgan fingerprint density at radius 1 is 1.48 bits per heavy atom. The zero-order valence-corrected chi connectivity index (χ0v) is 12.6. The fourth-order valence-corrected chi connectivity index (χ4v) is 3.64. The van der Waals surface area contributed by atoms with E-state index in [9.17, 15) is 13.2 Å². The van der Waals surface area contributed by atoms with Crippen LogP contribution in [0.2, 0.25) is 0 Å². The van der Waals surface area contributed by atoms with Crippen molar-refractivity contribution < 1.29 is 13.2 Å². The summed E-state index contributed by atoms with van der Waals surface area (Å²) in [5, 5.41) is 3.24. The van der Waals surface area contributed by atoms with Gasteiger partial charge in [0, 0.05) is 32.4 Å². The normalized spacial score (nSPS) is 26.9. The molecule has 0 aromatic carbocycles. The lowest BCUT2D eigenvalue weighted by molar-refractivity contribution is -0.127. The molecule has 0 radical (unpaired) electrons. The third-order valence-corrected chi connectivity index (χ3v) is 5.14. The summed E-state index contributed by atoms with van der Waals surface area (Å²) in [6.07, 6.45) is 5.87. The Kier molecular flexibility index (Phi) is 3.58. The third-order valence-electron chi connectivity index (χ3n) is 3.97. The van der Waals surface area contributed by atoms with E-state index in [4.69, 9.17) is 0 Å². The number of amidine groups is 1. The number of fused-ring (bicyclic) bond motifs is 1. The SMILES string of the molecule is CN(C(=O)C1=CN2CCS(=O)(=O)N=C2C=C1)C1CCNC1. The van der Waals surface area contributed by atoms with E-state index >= 15 is 0 Å². The fourth-order valence-electron chi connectivity index (χ4n) is 2.67. The van der Waals surface area contributed by atoms with Crippen LogP contribution >= 0.6 is 0 Å². The zero-order chi connectivity index (χ0) is 15.0. The summed E-state index contributed by atoms with van der Waals surface area (Å²) in [5.74, 6) is 0.306. The minimum atomic E-state index is -3.36. The van der Waals surface area contributed by atoms with Crippen molar-refractivity contribution >= 4 is 21.8 Å². The van der Waals surface area contributed by atoms with Crippen molar-refractivity contribution in [3.05, 3.63) is 23.9 Å². The molecule has 0 aliphatic carbocycles. The van der Waals surface area contributed by atoms with Gasteiger partial charge in [-0.3, -0.25) is 4.79 Å². The largest absolute Gasteiger partial charge is 0.337 e. The number of carbonyl (C=O) groups is 1. The molecule has 1 amide bonds. The van der Waals surface area contributed by atoms with Crippen LogP contribution in [0.3, 0.4) is 0 Å². The first-order chi connectivity index (χ1) is 9.96. The summed E-state index contributed by atoms with van der Waals surface area (Å²) in [6, 6.07) is 0.212. The predicted molar refractivity (Wildman–Crippen MR) is 79.2 cm³/mol. The molecule has 1 unspecified atom stereocenters. The molecule has 0 aromatic rings. The number of hydrogen-bond acceptors (Lipinski definition) is 5. The number of sulfonamides is 1. The van der Waals surface area contributed by atoms with Gasteiger partial charge in [0.05, 0.1) is 11.3 Å². The molecular weight excluding hydrogens is 292 g/mol. The van der Waals surface area contributed by atoms with Gasteiger partial charge in [0.15, 0.2) is 0 Å². The number of likely N-dealkylation sites (N-methyl/N-ethyl adjacent to an activating group) is 1. The van der Waals surface area contributed by atoms with Gasteiger partial charge in [-0.15, -0.1) is 4.40 Å². The number of hydrogen-bond donors (Lipinski definition) is 1. The maximum atomic E-state index is 12.5. The van der Waals surface area contributed by atoms with E-state index in [-0.39, 0.29) is 17.7 Å². The molecule has 1 N–H and O–H groups in total. The van der Waals surface area contributed by atoms with Crippen molar-refractivity contribution in [2.75, 3.05) is 32.4 Å². The number of carbonyl (C=O) groups excluding carboxylic acids is 1.